The monoisotopic (exact) mass is 454 g/mol. The lowest BCUT2D eigenvalue weighted by Crippen LogP contribution is -2.31. The molecule has 0 saturated carbocycles. The summed E-state index contributed by atoms with van der Waals surface area (Å²) in [4.78, 5) is 33.8. The number of carbonyl (C=O) groups is 2. The van der Waals surface area contributed by atoms with Gasteiger partial charge in [-0.1, -0.05) is 37.3 Å². The molecule has 9 heteroatoms. The molecule has 0 aromatic heterocycles. The van der Waals surface area contributed by atoms with Crippen LogP contribution >= 0.6 is 7.60 Å². The molecule has 1 aromatic rings. The zero-order chi connectivity index (χ0) is 22.7. The van der Waals surface area contributed by atoms with Crippen LogP contribution < -0.4 is 10.6 Å². The Balaban J connectivity index is 1.72. The fraction of sp³-hybridized carbons (Fsp3) is 0.636. The van der Waals surface area contributed by atoms with Gasteiger partial charge in [0, 0.05) is 13.0 Å². The van der Waals surface area contributed by atoms with Crippen molar-refractivity contribution in [2.24, 2.45) is 11.8 Å². The molecular weight excluding hydrogens is 419 g/mol. The summed E-state index contributed by atoms with van der Waals surface area (Å²) in [6, 6.07) is 9.68. The van der Waals surface area contributed by atoms with E-state index in [4.69, 9.17) is 4.52 Å². The van der Waals surface area contributed by atoms with E-state index in [9.17, 15) is 24.2 Å². The van der Waals surface area contributed by atoms with Crippen molar-refractivity contribution in [1.29, 1.82) is 0 Å². The summed E-state index contributed by atoms with van der Waals surface area (Å²) in [6.07, 6.45) is 2.29. The van der Waals surface area contributed by atoms with E-state index >= 15 is 0 Å². The summed E-state index contributed by atoms with van der Waals surface area (Å²) >= 11 is 0. The topological polar surface area (TPSA) is 125 Å². The van der Waals surface area contributed by atoms with Gasteiger partial charge < -0.3 is 20.6 Å². The van der Waals surface area contributed by atoms with E-state index in [2.05, 4.69) is 10.6 Å². The van der Waals surface area contributed by atoms with Crippen LogP contribution in [0.3, 0.4) is 0 Å². The molecule has 31 heavy (non-hydrogen) atoms. The first kappa shape index (κ1) is 25.5. The van der Waals surface area contributed by atoms with Crippen LogP contribution in [0.2, 0.25) is 0 Å². The molecule has 1 fully saturated rings. The van der Waals surface area contributed by atoms with E-state index in [0.717, 1.165) is 31.5 Å². The van der Waals surface area contributed by atoms with Crippen LogP contribution in [0.25, 0.3) is 0 Å². The van der Waals surface area contributed by atoms with Crippen molar-refractivity contribution in [3.05, 3.63) is 35.9 Å². The third kappa shape index (κ3) is 10.4. The summed E-state index contributed by atoms with van der Waals surface area (Å²) in [7, 11) is -4.10. The minimum atomic E-state index is -4.10. The van der Waals surface area contributed by atoms with Crippen molar-refractivity contribution >= 4 is 19.5 Å². The Labute approximate surface area is 184 Å². The highest BCUT2D eigenvalue weighted by atomic mass is 31.2. The second-order valence-electron chi connectivity index (χ2n) is 8.42. The summed E-state index contributed by atoms with van der Waals surface area (Å²) in [5.74, 6) is -1.26. The highest BCUT2D eigenvalue weighted by molar-refractivity contribution is 7.52. The van der Waals surface area contributed by atoms with Crippen LogP contribution in [0.1, 0.15) is 44.6 Å². The number of carboxylic acids is 1. The standard InChI is InChI=1S/C22H35N2O6P/c1-17(15-24-21(25)10-8-18-5-3-2-4-6-18)16-31(28,29)30-20(22(26)27)9-7-19-11-13-23-14-12-19/h2-6,17,19-20,23H,7-16H2,1H3,(H,24,25)(H,26,27)(H,28,29)/t17-,20?/m1/s1. The molecular formula is C22H35N2O6P. The maximum atomic E-state index is 12.5. The largest absolute Gasteiger partial charge is 0.479 e. The van der Waals surface area contributed by atoms with Crippen LogP contribution in [0.5, 0.6) is 0 Å². The molecule has 3 atom stereocenters. The third-order valence-corrected chi connectivity index (χ3v) is 7.21. The van der Waals surface area contributed by atoms with Crippen LogP contribution in [0.15, 0.2) is 30.3 Å². The van der Waals surface area contributed by atoms with E-state index in [1.807, 2.05) is 30.3 Å². The number of rotatable bonds is 13. The normalized spacial score (nSPS) is 18.6. The highest BCUT2D eigenvalue weighted by Crippen LogP contribution is 2.45. The van der Waals surface area contributed by atoms with E-state index in [1.165, 1.54) is 0 Å². The Kier molecular flexibility index (Phi) is 10.7. The minimum Gasteiger partial charge on any atom is -0.479 e. The predicted molar refractivity (Wildman–Crippen MR) is 119 cm³/mol. The Hall–Kier alpha value is -1.73. The molecule has 174 valence electrons. The molecule has 0 radical (unpaired) electrons. The first-order chi connectivity index (χ1) is 14.7. The lowest BCUT2D eigenvalue weighted by Gasteiger charge is -2.25. The van der Waals surface area contributed by atoms with Gasteiger partial charge in [-0.2, -0.15) is 0 Å². The molecule has 1 aliphatic heterocycles. The van der Waals surface area contributed by atoms with Crippen LogP contribution in [0.4, 0.5) is 0 Å². The van der Waals surface area contributed by atoms with Gasteiger partial charge in [-0.15, -0.1) is 0 Å². The molecule has 4 N–H and O–H groups in total. The molecule has 0 spiro atoms. The van der Waals surface area contributed by atoms with E-state index in [-0.39, 0.29) is 31.0 Å². The molecule has 8 nitrogen and oxygen atoms in total. The fourth-order valence-corrected chi connectivity index (χ4v) is 5.35. The zero-order valence-corrected chi connectivity index (χ0v) is 19.1. The molecule has 1 amide bonds. The predicted octanol–water partition coefficient (Wildman–Crippen LogP) is 2.81. The number of hydrogen-bond acceptors (Lipinski definition) is 5. The van der Waals surface area contributed by atoms with E-state index in [1.54, 1.807) is 6.92 Å². The number of aliphatic carboxylic acids is 1. The number of hydrogen-bond donors (Lipinski definition) is 4. The summed E-state index contributed by atoms with van der Waals surface area (Å²) in [5, 5.41) is 15.4. The summed E-state index contributed by atoms with van der Waals surface area (Å²) < 4.78 is 17.6. The SMILES string of the molecule is C[C@H](CNC(=O)CCc1ccccc1)CP(=O)(O)OC(CCC1CCNCC1)C(=O)O. The molecule has 2 unspecified atom stereocenters. The van der Waals surface area contributed by atoms with E-state index in [0.29, 0.717) is 25.2 Å². The Morgan fingerprint density at radius 1 is 1.26 bits per heavy atom. The van der Waals surface area contributed by atoms with Crippen molar-refractivity contribution < 1.29 is 28.7 Å². The maximum Gasteiger partial charge on any atom is 0.333 e. The molecule has 0 bridgehead atoms. The Morgan fingerprint density at radius 2 is 1.94 bits per heavy atom. The summed E-state index contributed by atoms with van der Waals surface area (Å²) in [6.45, 7) is 3.79. The maximum absolute atomic E-state index is 12.5. The van der Waals surface area contributed by atoms with Crippen molar-refractivity contribution in [3.63, 3.8) is 0 Å². The van der Waals surface area contributed by atoms with Gasteiger partial charge in [-0.05, 0) is 62.6 Å². The fourth-order valence-electron chi connectivity index (χ4n) is 3.76. The van der Waals surface area contributed by atoms with Gasteiger partial charge in [0.2, 0.25) is 5.91 Å². The lowest BCUT2D eigenvalue weighted by molar-refractivity contribution is -0.146. The average Bonchev–Trinajstić information content (AvgIpc) is 2.74. The van der Waals surface area contributed by atoms with Gasteiger partial charge in [0.05, 0.1) is 6.16 Å². The number of piperidine rings is 1. The minimum absolute atomic E-state index is 0.130. The second kappa shape index (κ2) is 13.0. The van der Waals surface area contributed by atoms with Crippen LogP contribution in [-0.2, 0) is 25.1 Å². The third-order valence-electron chi connectivity index (χ3n) is 5.54. The van der Waals surface area contributed by atoms with Crippen molar-refractivity contribution in [2.75, 3.05) is 25.8 Å². The smallest absolute Gasteiger partial charge is 0.333 e. The van der Waals surface area contributed by atoms with Crippen molar-refractivity contribution in [3.8, 4) is 0 Å². The quantitative estimate of drug-likeness (QED) is 0.338. The number of amides is 1. The number of carboxylic acid groups (broad SMARTS) is 1. The van der Waals surface area contributed by atoms with Gasteiger partial charge in [0.1, 0.15) is 0 Å². The first-order valence-electron chi connectivity index (χ1n) is 11.0. The van der Waals surface area contributed by atoms with Gasteiger partial charge in [0.15, 0.2) is 6.10 Å². The van der Waals surface area contributed by atoms with Gasteiger partial charge in [0.25, 0.3) is 0 Å². The second-order valence-corrected chi connectivity index (χ2v) is 10.3. The van der Waals surface area contributed by atoms with Gasteiger partial charge in [-0.25, -0.2) is 4.79 Å². The zero-order valence-electron chi connectivity index (χ0n) is 18.2. The summed E-state index contributed by atoms with van der Waals surface area (Å²) in [5.41, 5.74) is 1.07. The molecule has 1 heterocycles. The van der Waals surface area contributed by atoms with Gasteiger partial charge >= 0.3 is 13.6 Å². The average molecular weight is 455 g/mol. The number of carbonyl (C=O) groups excluding carboxylic acids is 1. The highest BCUT2D eigenvalue weighted by Gasteiger charge is 2.31. The van der Waals surface area contributed by atoms with E-state index < -0.39 is 19.7 Å². The molecule has 2 rings (SSSR count). The van der Waals surface area contributed by atoms with Crippen molar-refractivity contribution in [2.45, 2.75) is 51.6 Å². The first-order valence-corrected chi connectivity index (χ1v) is 12.8. The molecule has 1 aromatic carbocycles. The molecule has 1 aliphatic rings. The van der Waals surface area contributed by atoms with Gasteiger partial charge in [-0.3, -0.25) is 13.9 Å². The number of benzene rings is 1. The Morgan fingerprint density at radius 3 is 2.58 bits per heavy atom. The van der Waals surface area contributed by atoms with Crippen LogP contribution in [-0.4, -0.2) is 53.8 Å². The molecule has 0 aliphatic carbocycles. The van der Waals surface area contributed by atoms with Crippen LogP contribution in [0, 0.1) is 11.8 Å². The number of nitrogens with one attached hydrogen (secondary N) is 2. The number of aryl methyl sites for hydroxylation is 1. The van der Waals surface area contributed by atoms with Crippen molar-refractivity contribution in [1.82, 2.24) is 10.6 Å². The Bertz CT molecular complexity index is 739. The lowest BCUT2D eigenvalue weighted by atomic mass is 9.92. The molecule has 1 saturated heterocycles.